The Bertz CT molecular complexity index is 674. The Morgan fingerprint density at radius 2 is 1.96 bits per heavy atom. The van der Waals surface area contributed by atoms with Gasteiger partial charge in [-0.15, -0.1) is 0 Å². The number of hydrogen-bond donors (Lipinski definition) is 3. The third-order valence-corrected chi connectivity index (χ3v) is 3.99. The molecule has 0 spiro atoms. The predicted molar refractivity (Wildman–Crippen MR) is 99.9 cm³/mol. The molecule has 0 saturated heterocycles. The zero-order valence-corrected chi connectivity index (χ0v) is 14.8. The number of carbonyl (C=O) groups excluding carboxylic acids is 1. The summed E-state index contributed by atoms with van der Waals surface area (Å²) in [4.78, 5) is 12.3. The van der Waals surface area contributed by atoms with Crippen LogP contribution in [0.15, 0.2) is 48.5 Å². The van der Waals surface area contributed by atoms with E-state index in [4.69, 9.17) is 9.84 Å². The maximum atomic E-state index is 12.3. The van der Waals surface area contributed by atoms with Crippen LogP contribution in [0.2, 0.25) is 0 Å². The number of amides is 1. The lowest BCUT2D eigenvalue weighted by Gasteiger charge is -2.19. The number of ether oxygens (including phenoxy) is 1. The van der Waals surface area contributed by atoms with Gasteiger partial charge < -0.3 is 20.5 Å². The minimum Gasteiger partial charge on any atom is -0.495 e. The van der Waals surface area contributed by atoms with Crippen molar-refractivity contribution in [1.82, 2.24) is 5.32 Å². The van der Waals surface area contributed by atoms with Gasteiger partial charge >= 0.3 is 0 Å². The summed E-state index contributed by atoms with van der Waals surface area (Å²) in [6.45, 7) is 2.29. The number of carbonyl (C=O) groups is 1. The predicted octanol–water partition coefficient (Wildman–Crippen LogP) is 3.05. The highest BCUT2D eigenvalue weighted by Gasteiger charge is 2.13. The Morgan fingerprint density at radius 1 is 1.20 bits per heavy atom. The van der Waals surface area contributed by atoms with Crippen molar-refractivity contribution in [3.05, 3.63) is 59.7 Å². The second-order valence-corrected chi connectivity index (χ2v) is 5.96. The summed E-state index contributed by atoms with van der Waals surface area (Å²) in [7, 11) is 1.58. The summed E-state index contributed by atoms with van der Waals surface area (Å²) in [5.74, 6) is 0.507. The van der Waals surface area contributed by atoms with Gasteiger partial charge in [0, 0.05) is 12.6 Å². The average Bonchev–Trinajstić information content (AvgIpc) is 2.63. The molecule has 2 aromatic rings. The van der Waals surface area contributed by atoms with Crippen LogP contribution >= 0.6 is 0 Å². The molecule has 0 aromatic heterocycles. The van der Waals surface area contributed by atoms with Gasteiger partial charge in [0.2, 0.25) is 5.91 Å². The van der Waals surface area contributed by atoms with Crippen LogP contribution in [0, 0.1) is 6.92 Å². The van der Waals surface area contributed by atoms with Crippen LogP contribution in [0.5, 0.6) is 5.75 Å². The van der Waals surface area contributed by atoms with Gasteiger partial charge in [-0.2, -0.15) is 0 Å². The first-order valence-corrected chi connectivity index (χ1v) is 8.47. The summed E-state index contributed by atoms with van der Waals surface area (Å²) in [6, 6.07) is 15.6. The fourth-order valence-corrected chi connectivity index (χ4v) is 2.70. The highest BCUT2D eigenvalue weighted by Crippen LogP contribution is 2.25. The standard InChI is InChI=1S/C20H26N2O3/c1-15-10-11-19(25-2)18(13-15)22-20(24)14-21-17(9-6-12-23)16-7-4-3-5-8-16/h3-5,7-8,10-11,13,17,21,23H,6,9,12,14H2,1-2H3,(H,22,24). The van der Waals surface area contributed by atoms with Gasteiger partial charge in [0.25, 0.3) is 0 Å². The SMILES string of the molecule is COc1ccc(C)cc1NC(=O)CNC(CCCO)c1ccccc1. The van der Waals surface area contributed by atoms with Crippen molar-refractivity contribution < 1.29 is 14.6 Å². The minimum absolute atomic E-state index is 0.0264. The molecule has 25 heavy (non-hydrogen) atoms. The lowest BCUT2D eigenvalue weighted by molar-refractivity contribution is -0.115. The maximum absolute atomic E-state index is 12.3. The first-order valence-electron chi connectivity index (χ1n) is 8.47. The number of methoxy groups -OCH3 is 1. The van der Waals surface area contributed by atoms with Crippen molar-refractivity contribution in [2.45, 2.75) is 25.8 Å². The molecule has 3 N–H and O–H groups in total. The molecule has 0 aliphatic rings. The maximum Gasteiger partial charge on any atom is 0.238 e. The highest BCUT2D eigenvalue weighted by atomic mass is 16.5. The van der Waals surface area contributed by atoms with Crippen LogP contribution in [-0.4, -0.2) is 31.3 Å². The molecule has 0 radical (unpaired) electrons. The molecular weight excluding hydrogens is 316 g/mol. The largest absolute Gasteiger partial charge is 0.495 e. The molecule has 1 atom stereocenters. The molecule has 1 unspecified atom stereocenters. The smallest absolute Gasteiger partial charge is 0.238 e. The van der Waals surface area contributed by atoms with Crippen molar-refractivity contribution in [3.8, 4) is 5.75 Å². The Kier molecular flexibility index (Phi) is 7.44. The summed E-state index contributed by atoms with van der Waals surface area (Å²) >= 11 is 0. The third kappa shape index (κ3) is 5.89. The van der Waals surface area contributed by atoms with E-state index in [2.05, 4.69) is 10.6 Å². The Morgan fingerprint density at radius 3 is 2.64 bits per heavy atom. The normalized spacial score (nSPS) is 11.8. The van der Waals surface area contributed by atoms with Gasteiger partial charge in [-0.05, 0) is 43.0 Å². The molecule has 0 aliphatic heterocycles. The van der Waals surface area contributed by atoms with Gasteiger partial charge in [0.1, 0.15) is 5.75 Å². The summed E-state index contributed by atoms with van der Waals surface area (Å²) in [5.41, 5.74) is 2.83. The molecule has 134 valence electrons. The zero-order chi connectivity index (χ0) is 18.1. The topological polar surface area (TPSA) is 70.6 Å². The van der Waals surface area contributed by atoms with E-state index in [-0.39, 0.29) is 25.1 Å². The Hall–Kier alpha value is -2.37. The number of hydrogen-bond acceptors (Lipinski definition) is 4. The second kappa shape index (κ2) is 9.81. The van der Waals surface area contributed by atoms with Crippen LogP contribution < -0.4 is 15.4 Å². The van der Waals surface area contributed by atoms with E-state index in [9.17, 15) is 4.79 Å². The third-order valence-electron chi connectivity index (χ3n) is 3.99. The molecule has 2 rings (SSSR count). The molecule has 0 bridgehead atoms. The number of benzene rings is 2. The van der Waals surface area contributed by atoms with Gasteiger partial charge in [0.05, 0.1) is 19.3 Å². The number of rotatable bonds is 9. The number of aliphatic hydroxyl groups is 1. The lowest BCUT2D eigenvalue weighted by atomic mass is 10.0. The second-order valence-electron chi connectivity index (χ2n) is 5.96. The zero-order valence-electron chi connectivity index (χ0n) is 14.8. The first kappa shape index (κ1) is 19.0. The van der Waals surface area contributed by atoms with E-state index in [0.717, 1.165) is 17.5 Å². The van der Waals surface area contributed by atoms with Gasteiger partial charge in [0.15, 0.2) is 0 Å². The van der Waals surface area contributed by atoms with Crippen LogP contribution in [0.25, 0.3) is 0 Å². The van der Waals surface area contributed by atoms with Crippen molar-refractivity contribution in [1.29, 1.82) is 0 Å². The molecule has 0 fully saturated rings. The molecule has 5 heteroatoms. The summed E-state index contributed by atoms with van der Waals surface area (Å²) in [6.07, 6.45) is 1.45. The summed E-state index contributed by atoms with van der Waals surface area (Å²) < 4.78 is 5.29. The van der Waals surface area contributed by atoms with Crippen molar-refractivity contribution in [3.63, 3.8) is 0 Å². The Balaban J connectivity index is 1.98. The quantitative estimate of drug-likeness (QED) is 0.655. The van der Waals surface area contributed by atoms with E-state index in [1.54, 1.807) is 7.11 Å². The molecule has 1 amide bonds. The van der Waals surface area contributed by atoms with Crippen LogP contribution in [0.3, 0.4) is 0 Å². The molecule has 0 aliphatic carbocycles. The Labute approximate surface area is 149 Å². The van der Waals surface area contributed by atoms with E-state index in [0.29, 0.717) is 17.9 Å². The summed E-state index contributed by atoms with van der Waals surface area (Å²) in [5, 5.41) is 15.3. The van der Waals surface area contributed by atoms with Gasteiger partial charge in [-0.3, -0.25) is 4.79 Å². The number of anilines is 1. The molecule has 2 aromatic carbocycles. The van der Waals surface area contributed by atoms with Crippen molar-refractivity contribution in [2.75, 3.05) is 25.6 Å². The highest BCUT2D eigenvalue weighted by molar-refractivity contribution is 5.93. The number of aliphatic hydroxyl groups excluding tert-OH is 1. The monoisotopic (exact) mass is 342 g/mol. The fourth-order valence-electron chi connectivity index (χ4n) is 2.70. The first-order chi connectivity index (χ1) is 12.1. The molecule has 0 heterocycles. The van der Waals surface area contributed by atoms with Crippen LogP contribution in [-0.2, 0) is 4.79 Å². The van der Waals surface area contributed by atoms with Gasteiger partial charge in [-0.25, -0.2) is 0 Å². The van der Waals surface area contributed by atoms with E-state index >= 15 is 0 Å². The molecule has 0 saturated carbocycles. The number of aryl methyl sites for hydroxylation is 1. The van der Waals surface area contributed by atoms with Gasteiger partial charge in [-0.1, -0.05) is 36.4 Å². The molecular formula is C20H26N2O3. The molecule has 5 nitrogen and oxygen atoms in total. The van der Waals surface area contributed by atoms with Crippen LogP contribution in [0.1, 0.15) is 30.0 Å². The minimum atomic E-state index is -0.131. The van der Waals surface area contributed by atoms with Crippen molar-refractivity contribution in [2.24, 2.45) is 0 Å². The lowest BCUT2D eigenvalue weighted by Crippen LogP contribution is -2.31. The van der Waals surface area contributed by atoms with E-state index in [1.807, 2.05) is 55.5 Å². The van der Waals surface area contributed by atoms with Crippen molar-refractivity contribution >= 4 is 11.6 Å². The number of nitrogens with one attached hydrogen (secondary N) is 2. The average molecular weight is 342 g/mol. The van der Waals surface area contributed by atoms with E-state index in [1.165, 1.54) is 0 Å². The van der Waals surface area contributed by atoms with E-state index < -0.39 is 0 Å². The fraction of sp³-hybridized carbons (Fsp3) is 0.350. The van der Waals surface area contributed by atoms with Crippen LogP contribution in [0.4, 0.5) is 5.69 Å².